The maximum absolute atomic E-state index is 12.1. The molecular weight excluding hydrogens is 385 g/mol. The molecule has 1 aromatic carbocycles. The number of carbonyl (C=O) groups excluding carboxylic acids is 1. The SMILES string of the molecule is CNCC1CC1(C(=O)OC)c1ccc(Cl)c(Cl)c1.O=C(O)/C=C/C(=O)O. The summed E-state index contributed by atoms with van der Waals surface area (Å²) in [4.78, 5) is 31.2. The molecule has 0 spiro atoms. The second-order valence-corrected chi connectivity index (χ2v) is 6.37. The third-order valence-corrected chi connectivity index (χ3v) is 4.65. The minimum absolute atomic E-state index is 0.207. The molecule has 0 bridgehead atoms. The Morgan fingerprint density at radius 3 is 2.23 bits per heavy atom. The van der Waals surface area contributed by atoms with E-state index in [9.17, 15) is 14.4 Å². The van der Waals surface area contributed by atoms with Crippen LogP contribution in [0.15, 0.2) is 30.4 Å². The first-order chi connectivity index (χ1) is 12.2. The Morgan fingerprint density at radius 1 is 1.23 bits per heavy atom. The molecule has 1 saturated carbocycles. The van der Waals surface area contributed by atoms with Crippen LogP contribution in [0.3, 0.4) is 0 Å². The van der Waals surface area contributed by atoms with Crippen LogP contribution in [0, 0.1) is 5.92 Å². The molecule has 1 aromatic rings. The fourth-order valence-electron chi connectivity index (χ4n) is 2.64. The van der Waals surface area contributed by atoms with Crippen LogP contribution in [0.4, 0.5) is 0 Å². The second-order valence-electron chi connectivity index (χ2n) is 5.56. The van der Waals surface area contributed by atoms with Crippen molar-refractivity contribution in [2.24, 2.45) is 5.92 Å². The highest BCUT2D eigenvalue weighted by Crippen LogP contribution is 2.55. The van der Waals surface area contributed by atoms with Crippen molar-refractivity contribution in [3.63, 3.8) is 0 Å². The predicted octanol–water partition coefficient (Wildman–Crippen LogP) is 2.36. The summed E-state index contributed by atoms with van der Waals surface area (Å²) < 4.78 is 4.94. The zero-order valence-electron chi connectivity index (χ0n) is 14.2. The molecule has 142 valence electrons. The van der Waals surface area contributed by atoms with E-state index in [2.05, 4.69) is 5.32 Å². The van der Waals surface area contributed by atoms with Crippen molar-refractivity contribution in [2.45, 2.75) is 11.8 Å². The van der Waals surface area contributed by atoms with Gasteiger partial charge in [0.25, 0.3) is 0 Å². The van der Waals surface area contributed by atoms with Crippen molar-refractivity contribution >= 4 is 41.1 Å². The lowest BCUT2D eigenvalue weighted by atomic mass is 9.93. The van der Waals surface area contributed by atoms with Crippen LogP contribution in [-0.2, 0) is 24.5 Å². The third-order valence-electron chi connectivity index (χ3n) is 3.91. The lowest BCUT2D eigenvalue weighted by Gasteiger charge is -2.16. The van der Waals surface area contributed by atoms with E-state index < -0.39 is 17.4 Å². The van der Waals surface area contributed by atoms with Gasteiger partial charge in [-0.3, -0.25) is 4.79 Å². The zero-order valence-corrected chi connectivity index (χ0v) is 15.7. The van der Waals surface area contributed by atoms with Gasteiger partial charge in [0.1, 0.15) is 0 Å². The number of carboxylic acids is 2. The highest BCUT2D eigenvalue weighted by molar-refractivity contribution is 6.42. The Bertz CT molecular complexity index is 705. The van der Waals surface area contributed by atoms with Gasteiger partial charge < -0.3 is 20.3 Å². The van der Waals surface area contributed by atoms with Crippen molar-refractivity contribution in [3.8, 4) is 0 Å². The molecule has 0 saturated heterocycles. The van der Waals surface area contributed by atoms with Crippen LogP contribution in [0.5, 0.6) is 0 Å². The number of hydrogen-bond acceptors (Lipinski definition) is 5. The summed E-state index contributed by atoms with van der Waals surface area (Å²) in [5, 5.41) is 19.7. The number of aliphatic carboxylic acids is 2. The minimum Gasteiger partial charge on any atom is -0.478 e. The molecule has 1 fully saturated rings. The van der Waals surface area contributed by atoms with Crippen molar-refractivity contribution in [1.29, 1.82) is 0 Å². The molecule has 1 aliphatic carbocycles. The van der Waals surface area contributed by atoms with Crippen molar-refractivity contribution in [3.05, 3.63) is 46.0 Å². The van der Waals surface area contributed by atoms with Gasteiger partial charge in [-0.05, 0) is 43.6 Å². The summed E-state index contributed by atoms with van der Waals surface area (Å²) in [6.07, 6.45) is 1.89. The van der Waals surface area contributed by atoms with E-state index in [1.807, 2.05) is 13.1 Å². The fourth-order valence-corrected chi connectivity index (χ4v) is 2.94. The molecule has 0 heterocycles. The molecule has 2 rings (SSSR count). The van der Waals surface area contributed by atoms with E-state index in [0.717, 1.165) is 18.5 Å². The number of carboxylic acid groups (broad SMARTS) is 2. The molecule has 0 amide bonds. The maximum atomic E-state index is 12.1. The summed E-state index contributed by atoms with van der Waals surface area (Å²) in [6.45, 7) is 0.773. The molecule has 9 heteroatoms. The van der Waals surface area contributed by atoms with Crippen LogP contribution < -0.4 is 5.32 Å². The van der Waals surface area contributed by atoms with Gasteiger partial charge in [0.2, 0.25) is 0 Å². The predicted molar refractivity (Wildman–Crippen MR) is 96.6 cm³/mol. The Morgan fingerprint density at radius 2 is 1.81 bits per heavy atom. The molecule has 2 atom stereocenters. The van der Waals surface area contributed by atoms with Crippen LogP contribution >= 0.6 is 23.2 Å². The summed E-state index contributed by atoms with van der Waals surface area (Å²) in [7, 11) is 3.28. The van der Waals surface area contributed by atoms with Gasteiger partial charge in [0.05, 0.1) is 22.6 Å². The maximum Gasteiger partial charge on any atom is 0.328 e. The largest absolute Gasteiger partial charge is 0.478 e. The smallest absolute Gasteiger partial charge is 0.328 e. The Balaban J connectivity index is 0.000000359. The van der Waals surface area contributed by atoms with E-state index in [-0.39, 0.29) is 11.9 Å². The fraction of sp³-hybridized carbons (Fsp3) is 0.353. The van der Waals surface area contributed by atoms with Gasteiger partial charge in [-0.15, -0.1) is 0 Å². The number of hydrogen-bond donors (Lipinski definition) is 3. The van der Waals surface area contributed by atoms with Crippen LogP contribution in [0.25, 0.3) is 0 Å². The summed E-state index contributed by atoms with van der Waals surface area (Å²) in [5.41, 5.74) is 0.315. The second kappa shape index (κ2) is 9.56. The molecule has 0 aromatic heterocycles. The van der Waals surface area contributed by atoms with Gasteiger partial charge in [-0.1, -0.05) is 29.3 Å². The Kier molecular flexibility index (Phi) is 8.08. The highest BCUT2D eigenvalue weighted by Gasteiger charge is 2.61. The number of methoxy groups -OCH3 is 1. The van der Waals surface area contributed by atoms with Gasteiger partial charge in [0.15, 0.2) is 0 Å². The number of rotatable bonds is 6. The van der Waals surface area contributed by atoms with E-state index in [0.29, 0.717) is 22.2 Å². The van der Waals surface area contributed by atoms with Gasteiger partial charge in [0, 0.05) is 12.2 Å². The van der Waals surface area contributed by atoms with Crippen molar-refractivity contribution < 1.29 is 29.3 Å². The average Bonchev–Trinajstić information content (AvgIpc) is 3.31. The first kappa shape index (κ1) is 22.0. The van der Waals surface area contributed by atoms with E-state index >= 15 is 0 Å². The molecule has 3 N–H and O–H groups in total. The molecule has 2 unspecified atom stereocenters. The third kappa shape index (κ3) is 5.45. The van der Waals surface area contributed by atoms with Gasteiger partial charge >= 0.3 is 17.9 Å². The molecule has 7 nitrogen and oxygen atoms in total. The zero-order chi connectivity index (χ0) is 19.9. The summed E-state index contributed by atoms with van der Waals surface area (Å²) in [6, 6.07) is 5.33. The molecule has 26 heavy (non-hydrogen) atoms. The van der Waals surface area contributed by atoms with Crippen LogP contribution in [-0.4, -0.2) is 48.8 Å². The lowest BCUT2D eigenvalue weighted by Crippen LogP contribution is -2.27. The standard InChI is InChI=1S/C13H15Cl2NO2.C4H4O4/c1-16-7-9-6-13(9,12(17)18-2)8-3-4-10(14)11(15)5-8;5-3(6)1-2-4(7)8/h3-5,9,16H,6-7H2,1-2H3;1-2H,(H,5,6)(H,7,8)/b;2-1+. The molecule has 1 aliphatic rings. The highest BCUT2D eigenvalue weighted by atomic mass is 35.5. The van der Waals surface area contributed by atoms with Gasteiger partial charge in [-0.25, -0.2) is 9.59 Å². The van der Waals surface area contributed by atoms with Gasteiger partial charge in [-0.2, -0.15) is 0 Å². The number of esters is 1. The number of ether oxygens (including phenoxy) is 1. The number of nitrogens with one attached hydrogen (secondary N) is 1. The monoisotopic (exact) mass is 403 g/mol. The van der Waals surface area contributed by atoms with E-state index in [4.69, 9.17) is 38.2 Å². The van der Waals surface area contributed by atoms with E-state index in [1.165, 1.54) is 7.11 Å². The number of carbonyl (C=O) groups is 3. The Hall–Kier alpha value is -2.09. The summed E-state index contributed by atoms with van der Waals surface area (Å²) in [5.74, 6) is -2.48. The first-order valence-electron chi connectivity index (χ1n) is 7.51. The lowest BCUT2D eigenvalue weighted by molar-refractivity contribution is -0.144. The minimum atomic E-state index is -1.26. The molecular formula is C17H19Cl2NO6. The molecule has 0 radical (unpaired) electrons. The molecule has 0 aliphatic heterocycles. The van der Waals surface area contributed by atoms with Crippen LogP contribution in [0.1, 0.15) is 12.0 Å². The number of benzene rings is 1. The van der Waals surface area contributed by atoms with Crippen molar-refractivity contribution in [1.82, 2.24) is 5.32 Å². The number of halogens is 2. The quantitative estimate of drug-likeness (QED) is 0.493. The van der Waals surface area contributed by atoms with E-state index in [1.54, 1.807) is 12.1 Å². The summed E-state index contributed by atoms with van der Waals surface area (Å²) >= 11 is 11.9. The topological polar surface area (TPSA) is 113 Å². The average molecular weight is 404 g/mol. The normalized spacial score (nSPS) is 20.8. The van der Waals surface area contributed by atoms with Crippen LogP contribution in [0.2, 0.25) is 10.0 Å². The van der Waals surface area contributed by atoms with Crippen molar-refractivity contribution in [2.75, 3.05) is 20.7 Å². The Labute approximate surface area is 160 Å². The first-order valence-corrected chi connectivity index (χ1v) is 8.27.